The van der Waals surface area contributed by atoms with Crippen molar-refractivity contribution in [2.45, 2.75) is 38.3 Å². The molecule has 7 heteroatoms. The standard InChI is InChI=1S/C23H27N3O4/c1-30-20-7-3-2-5-17(20)12-24-21(27)9-10-22(28)25-13-16-11-18(15-25)19-6-4-8-23(29)26(19)14-16/h2-8,16,18H,9-15H2,1H3,(H,24,27)/t16-,18+/m1/s1. The van der Waals surface area contributed by atoms with Crippen LogP contribution < -0.4 is 15.6 Å². The fourth-order valence-electron chi connectivity index (χ4n) is 4.61. The topological polar surface area (TPSA) is 80.6 Å². The second kappa shape index (κ2) is 8.73. The second-order valence-electron chi connectivity index (χ2n) is 8.09. The molecule has 158 valence electrons. The second-order valence-corrected chi connectivity index (χ2v) is 8.09. The predicted octanol–water partition coefficient (Wildman–Crippen LogP) is 1.90. The number of ether oxygens (including phenoxy) is 1. The van der Waals surface area contributed by atoms with E-state index in [0.717, 1.165) is 23.4 Å². The van der Waals surface area contributed by atoms with Crippen molar-refractivity contribution in [3.05, 3.63) is 64.1 Å². The van der Waals surface area contributed by atoms with E-state index in [4.69, 9.17) is 4.74 Å². The first-order chi connectivity index (χ1) is 14.5. The van der Waals surface area contributed by atoms with Crippen LogP contribution in [-0.4, -0.2) is 41.5 Å². The summed E-state index contributed by atoms with van der Waals surface area (Å²) in [5.74, 6) is 1.06. The molecule has 4 rings (SSSR count). The molecule has 0 saturated carbocycles. The maximum atomic E-state index is 12.7. The molecule has 1 saturated heterocycles. The number of piperidine rings is 1. The average molecular weight is 409 g/mol. The van der Waals surface area contributed by atoms with Gasteiger partial charge < -0.3 is 19.5 Å². The third kappa shape index (κ3) is 4.25. The Kier molecular flexibility index (Phi) is 5.88. The van der Waals surface area contributed by atoms with Gasteiger partial charge in [-0.3, -0.25) is 14.4 Å². The molecule has 1 fully saturated rings. The van der Waals surface area contributed by atoms with E-state index >= 15 is 0 Å². The van der Waals surface area contributed by atoms with Gasteiger partial charge in [0.05, 0.1) is 7.11 Å². The van der Waals surface area contributed by atoms with Crippen LogP contribution in [-0.2, 0) is 22.7 Å². The van der Waals surface area contributed by atoms with Gasteiger partial charge in [0.2, 0.25) is 11.8 Å². The highest BCUT2D eigenvalue weighted by molar-refractivity contribution is 5.83. The molecular formula is C23H27N3O4. The van der Waals surface area contributed by atoms with Crippen LogP contribution in [0, 0.1) is 5.92 Å². The normalized spacial score (nSPS) is 19.7. The molecule has 2 atom stereocenters. The van der Waals surface area contributed by atoms with Gasteiger partial charge in [-0.2, -0.15) is 0 Å². The minimum atomic E-state index is -0.150. The van der Waals surface area contributed by atoms with Gasteiger partial charge in [-0.25, -0.2) is 0 Å². The van der Waals surface area contributed by atoms with E-state index in [0.29, 0.717) is 32.1 Å². The van der Waals surface area contributed by atoms with E-state index < -0.39 is 0 Å². The zero-order chi connectivity index (χ0) is 21.1. The van der Waals surface area contributed by atoms with Crippen molar-refractivity contribution in [2.24, 2.45) is 5.92 Å². The summed E-state index contributed by atoms with van der Waals surface area (Å²) >= 11 is 0. The Labute approximate surface area is 175 Å². The summed E-state index contributed by atoms with van der Waals surface area (Å²) in [5, 5.41) is 2.86. The minimum Gasteiger partial charge on any atom is -0.496 e. The zero-order valence-electron chi connectivity index (χ0n) is 17.2. The molecule has 30 heavy (non-hydrogen) atoms. The zero-order valence-corrected chi connectivity index (χ0v) is 17.2. The van der Waals surface area contributed by atoms with Crippen molar-refractivity contribution in [2.75, 3.05) is 20.2 Å². The van der Waals surface area contributed by atoms with E-state index in [1.54, 1.807) is 19.2 Å². The molecule has 1 aromatic heterocycles. The van der Waals surface area contributed by atoms with E-state index in [2.05, 4.69) is 5.32 Å². The number of methoxy groups -OCH3 is 1. The van der Waals surface area contributed by atoms with Crippen LogP contribution in [0.25, 0.3) is 0 Å². The Morgan fingerprint density at radius 2 is 1.90 bits per heavy atom. The van der Waals surface area contributed by atoms with Gasteiger partial charge >= 0.3 is 0 Å². The number of aromatic nitrogens is 1. The first-order valence-corrected chi connectivity index (χ1v) is 10.4. The molecule has 2 bridgehead atoms. The number of pyridine rings is 1. The van der Waals surface area contributed by atoms with Crippen LogP contribution in [0.1, 0.15) is 36.4 Å². The van der Waals surface area contributed by atoms with Crippen LogP contribution in [0.2, 0.25) is 0 Å². The Balaban J connectivity index is 1.30. The lowest BCUT2D eigenvalue weighted by Gasteiger charge is -2.42. The molecule has 0 unspecified atom stereocenters. The number of rotatable bonds is 6. The Hall–Kier alpha value is -3.09. The Bertz CT molecular complexity index is 1000. The molecule has 0 spiro atoms. The number of nitrogens with one attached hydrogen (secondary N) is 1. The van der Waals surface area contributed by atoms with Gasteiger partial charge in [-0.05, 0) is 24.5 Å². The van der Waals surface area contributed by atoms with Crippen LogP contribution >= 0.6 is 0 Å². The molecule has 2 aromatic rings. The van der Waals surface area contributed by atoms with Crippen LogP contribution in [0.5, 0.6) is 5.75 Å². The number of fused-ring (bicyclic) bond motifs is 4. The van der Waals surface area contributed by atoms with Crippen molar-refractivity contribution in [3.8, 4) is 5.75 Å². The van der Waals surface area contributed by atoms with Crippen molar-refractivity contribution < 1.29 is 14.3 Å². The summed E-state index contributed by atoms with van der Waals surface area (Å²) < 4.78 is 7.14. The molecular weight excluding hydrogens is 382 g/mol. The number of amides is 2. The maximum absolute atomic E-state index is 12.7. The number of benzene rings is 1. The lowest BCUT2D eigenvalue weighted by atomic mass is 9.83. The molecule has 0 radical (unpaired) electrons. The van der Waals surface area contributed by atoms with Crippen molar-refractivity contribution >= 4 is 11.8 Å². The molecule has 3 heterocycles. The summed E-state index contributed by atoms with van der Waals surface area (Å²) in [6.45, 7) is 2.30. The van der Waals surface area contributed by atoms with Crippen LogP contribution in [0.4, 0.5) is 0 Å². The van der Waals surface area contributed by atoms with Gasteiger partial charge in [-0.15, -0.1) is 0 Å². The van der Waals surface area contributed by atoms with Gasteiger partial charge in [0.1, 0.15) is 5.75 Å². The molecule has 1 N–H and O–H groups in total. The molecule has 1 aromatic carbocycles. The van der Waals surface area contributed by atoms with Crippen molar-refractivity contribution in [1.82, 2.24) is 14.8 Å². The maximum Gasteiger partial charge on any atom is 0.250 e. The predicted molar refractivity (Wildman–Crippen MR) is 112 cm³/mol. The summed E-state index contributed by atoms with van der Waals surface area (Å²) in [7, 11) is 1.60. The smallest absolute Gasteiger partial charge is 0.250 e. The van der Waals surface area contributed by atoms with Crippen molar-refractivity contribution in [1.29, 1.82) is 0 Å². The summed E-state index contributed by atoms with van der Waals surface area (Å²) in [5.41, 5.74) is 1.96. The fourth-order valence-corrected chi connectivity index (χ4v) is 4.61. The monoisotopic (exact) mass is 409 g/mol. The first kappa shape index (κ1) is 20.2. The lowest BCUT2D eigenvalue weighted by Crippen LogP contribution is -2.49. The molecule has 2 aliphatic rings. The number of carbonyl (C=O) groups is 2. The van der Waals surface area contributed by atoms with E-state index in [1.165, 1.54) is 0 Å². The molecule has 0 aliphatic carbocycles. The molecule has 7 nitrogen and oxygen atoms in total. The highest BCUT2D eigenvalue weighted by Gasteiger charge is 2.36. The highest BCUT2D eigenvalue weighted by Crippen LogP contribution is 2.35. The first-order valence-electron chi connectivity index (χ1n) is 10.4. The number of hydrogen-bond acceptors (Lipinski definition) is 4. The Morgan fingerprint density at radius 3 is 2.73 bits per heavy atom. The average Bonchev–Trinajstić information content (AvgIpc) is 2.76. The lowest BCUT2D eigenvalue weighted by molar-refractivity contribution is -0.136. The van der Waals surface area contributed by atoms with Crippen LogP contribution in [0.15, 0.2) is 47.3 Å². The highest BCUT2D eigenvalue weighted by atomic mass is 16.5. The minimum absolute atomic E-state index is 0.00358. The number of nitrogens with zero attached hydrogens (tertiary/aromatic N) is 2. The quantitative estimate of drug-likeness (QED) is 0.790. The SMILES string of the molecule is COc1ccccc1CNC(=O)CCC(=O)N1C[C@H]2C[C@@H](C1)c1cccc(=O)n1C2. The van der Waals surface area contributed by atoms with Crippen LogP contribution in [0.3, 0.4) is 0 Å². The third-order valence-corrected chi connectivity index (χ3v) is 6.07. The number of hydrogen-bond donors (Lipinski definition) is 1. The summed E-state index contributed by atoms with van der Waals surface area (Å²) in [4.78, 5) is 39.0. The largest absolute Gasteiger partial charge is 0.496 e. The third-order valence-electron chi connectivity index (χ3n) is 6.07. The Morgan fingerprint density at radius 1 is 1.07 bits per heavy atom. The summed E-state index contributed by atoms with van der Waals surface area (Å²) in [6.07, 6.45) is 1.36. The van der Waals surface area contributed by atoms with E-state index in [-0.39, 0.29) is 36.1 Å². The molecule has 2 aliphatic heterocycles. The van der Waals surface area contributed by atoms with E-state index in [1.807, 2.05) is 39.8 Å². The van der Waals surface area contributed by atoms with Gasteiger partial charge in [0, 0.05) is 62.3 Å². The van der Waals surface area contributed by atoms with Gasteiger partial charge in [0.25, 0.3) is 5.56 Å². The van der Waals surface area contributed by atoms with Gasteiger partial charge in [0.15, 0.2) is 0 Å². The summed E-state index contributed by atoms with van der Waals surface area (Å²) in [6, 6.07) is 12.9. The molecule has 2 amide bonds. The number of para-hydroxylation sites is 1. The van der Waals surface area contributed by atoms with Crippen molar-refractivity contribution in [3.63, 3.8) is 0 Å². The van der Waals surface area contributed by atoms with Gasteiger partial charge in [-0.1, -0.05) is 24.3 Å². The number of likely N-dealkylation sites (tertiary alicyclic amines) is 1. The number of carbonyl (C=O) groups excluding carboxylic acids is 2. The fraction of sp³-hybridized carbons (Fsp3) is 0.435. The van der Waals surface area contributed by atoms with E-state index in [9.17, 15) is 14.4 Å².